The standard InChI is InChI=1S/C23H27ClF3N7S/c1-14(28-2)15-4-5-20(18(24)10-15)33-12-19(30-13-33)21-17(23(25,26)27)11-29-22(32-21)31-16-6-8-34(35-3)9-7-16/h4-5,10-14,16,28H,6-9H2,1-3H3,(H,29,31,32). The highest BCUT2D eigenvalue weighted by Gasteiger charge is 2.36. The number of halogens is 4. The van der Waals surface area contributed by atoms with Crippen molar-refractivity contribution in [3.05, 3.63) is 53.1 Å². The van der Waals surface area contributed by atoms with Crippen molar-refractivity contribution in [2.75, 3.05) is 31.7 Å². The van der Waals surface area contributed by atoms with Crippen LogP contribution in [0.5, 0.6) is 0 Å². The van der Waals surface area contributed by atoms with Crippen molar-refractivity contribution in [1.29, 1.82) is 0 Å². The van der Waals surface area contributed by atoms with Crippen LogP contribution in [0, 0.1) is 0 Å². The molecule has 0 amide bonds. The third kappa shape index (κ3) is 5.91. The number of hydrogen-bond acceptors (Lipinski definition) is 7. The number of alkyl halides is 3. The minimum atomic E-state index is -4.62. The maximum atomic E-state index is 13.8. The van der Waals surface area contributed by atoms with Crippen molar-refractivity contribution in [3.63, 3.8) is 0 Å². The van der Waals surface area contributed by atoms with Gasteiger partial charge in [0.25, 0.3) is 0 Å². The van der Waals surface area contributed by atoms with Gasteiger partial charge in [0.1, 0.15) is 23.3 Å². The van der Waals surface area contributed by atoms with Crippen LogP contribution < -0.4 is 10.6 Å². The van der Waals surface area contributed by atoms with Crippen molar-refractivity contribution < 1.29 is 13.2 Å². The molecule has 2 N–H and O–H groups in total. The Balaban J connectivity index is 1.63. The number of aromatic nitrogens is 4. The summed E-state index contributed by atoms with van der Waals surface area (Å²) in [6.45, 7) is 3.79. The summed E-state index contributed by atoms with van der Waals surface area (Å²) in [5, 5.41) is 6.81. The molecule has 0 spiro atoms. The first kappa shape index (κ1) is 25.7. The van der Waals surface area contributed by atoms with Crippen LogP contribution in [-0.4, -0.2) is 56.3 Å². The fourth-order valence-electron chi connectivity index (χ4n) is 3.96. The molecule has 35 heavy (non-hydrogen) atoms. The van der Waals surface area contributed by atoms with Crippen LogP contribution >= 0.6 is 23.5 Å². The van der Waals surface area contributed by atoms with Gasteiger partial charge >= 0.3 is 6.18 Å². The lowest BCUT2D eigenvalue weighted by molar-refractivity contribution is -0.137. The minimum absolute atomic E-state index is 0.0868. The van der Waals surface area contributed by atoms with E-state index in [1.165, 1.54) is 12.5 Å². The number of imidazole rings is 1. The van der Waals surface area contributed by atoms with Gasteiger partial charge in [-0.05, 0) is 50.8 Å². The molecule has 3 aromatic rings. The molecule has 7 nitrogen and oxygen atoms in total. The van der Waals surface area contributed by atoms with Crippen LogP contribution in [0.25, 0.3) is 17.1 Å². The predicted octanol–water partition coefficient (Wildman–Crippen LogP) is 5.44. The van der Waals surface area contributed by atoms with E-state index in [0.29, 0.717) is 10.7 Å². The van der Waals surface area contributed by atoms with E-state index in [2.05, 4.69) is 29.9 Å². The first-order chi connectivity index (χ1) is 16.7. The molecule has 0 saturated carbocycles. The van der Waals surface area contributed by atoms with Crippen molar-refractivity contribution >= 4 is 29.5 Å². The first-order valence-electron chi connectivity index (χ1n) is 11.2. The predicted molar refractivity (Wildman–Crippen MR) is 134 cm³/mol. The van der Waals surface area contributed by atoms with E-state index in [1.54, 1.807) is 16.5 Å². The highest BCUT2D eigenvalue weighted by atomic mass is 35.5. The SMILES string of the molecule is CNC(C)c1ccc(-n2cnc(-c3nc(NC4CCN(SC)CC4)ncc3C(F)(F)F)c2)c(Cl)c1. The Hall–Kier alpha value is -2.34. The van der Waals surface area contributed by atoms with E-state index >= 15 is 0 Å². The Morgan fingerprint density at radius 1 is 1.20 bits per heavy atom. The van der Waals surface area contributed by atoms with E-state index in [4.69, 9.17) is 11.6 Å². The number of nitrogens with zero attached hydrogens (tertiary/aromatic N) is 5. The molecule has 12 heteroatoms. The number of nitrogens with one attached hydrogen (secondary N) is 2. The largest absolute Gasteiger partial charge is 0.420 e. The van der Waals surface area contributed by atoms with E-state index in [-0.39, 0.29) is 29.4 Å². The second kappa shape index (κ2) is 10.7. The zero-order chi connectivity index (χ0) is 25.2. The zero-order valence-electron chi connectivity index (χ0n) is 19.6. The highest BCUT2D eigenvalue weighted by molar-refractivity contribution is 7.96. The third-order valence-electron chi connectivity index (χ3n) is 6.15. The summed E-state index contributed by atoms with van der Waals surface area (Å²) in [5.74, 6) is 0.161. The molecule has 0 bridgehead atoms. The lowest BCUT2D eigenvalue weighted by Crippen LogP contribution is -2.35. The summed E-state index contributed by atoms with van der Waals surface area (Å²) in [6, 6.07) is 5.76. The van der Waals surface area contributed by atoms with E-state index in [1.807, 2.05) is 38.4 Å². The average molecular weight is 526 g/mol. The fraction of sp³-hybridized carbons (Fsp3) is 0.435. The van der Waals surface area contributed by atoms with Gasteiger partial charge in [-0.2, -0.15) is 13.2 Å². The molecule has 0 radical (unpaired) electrons. The Kier molecular flexibility index (Phi) is 7.89. The number of piperidine rings is 1. The molecule has 4 rings (SSSR count). The summed E-state index contributed by atoms with van der Waals surface area (Å²) in [4.78, 5) is 12.4. The molecule has 1 aromatic carbocycles. The monoisotopic (exact) mass is 525 g/mol. The zero-order valence-corrected chi connectivity index (χ0v) is 21.2. The van der Waals surface area contributed by atoms with Crippen LogP contribution in [-0.2, 0) is 6.18 Å². The van der Waals surface area contributed by atoms with Crippen LogP contribution in [0.3, 0.4) is 0 Å². The Labute approximate surface area is 211 Å². The molecular formula is C23H27ClF3N7S. The van der Waals surface area contributed by atoms with Crippen molar-refractivity contribution in [3.8, 4) is 17.1 Å². The average Bonchev–Trinajstić information content (AvgIpc) is 3.33. The Bertz CT molecular complexity index is 1160. The maximum Gasteiger partial charge on any atom is 0.420 e. The van der Waals surface area contributed by atoms with Gasteiger partial charge in [-0.15, -0.1) is 0 Å². The van der Waals surface area contributed by atoms with Gasteiger partial charge in [0.05, 0.1) is 10.7 Å². The Morgan fingerprint density at radius 2 is 1.94 bits per heavy atom. The van der Waals surface area contributed by atoms with Crippen LogP contribution in [0.15, 0.2) is 36.9 Å². The van der Waals surface area contributed by atoms with E-state index < -0.39 is 11.7 Å². The summed E-state index contributed by atoms with van der Waals surface area (Å²) in [5.41, 5.74) is 0.486. The molecule has 1 unspecified atom stereocenters. The molecule has 188 valence electrons. The van der Waals surface area contributed by atoms with E-state index in [9.17, 15) is 13.2 Å². The van der Waals surface area contributed by atoms with Crippen molar-refractivity contribution in [2.24, 2.45) is 0 Å². The molecule has 0 aliphatic carbocycles. The van der Waals surface area contributed by atoms with Gasteiger partial charge in [-0.3, -0.25) is 4.31 Å². The smallest absolute Gasteiger partial charge is 0.351 e. The van der Waals surface area contributed by atoms with Crippen LogP contribution in [0.1, 0.15) is 36.9 Å². The number of anilines is 1. The molecule has 1 fully saturated rings. The van der Waals surface area contributed by atoms with Gasteiger partial charge < -0.3 is 15.2 Å². The topological polar surface area (TPSA) is 70.9 Å². The van der Waals surface area contributed by atoms with Gasteiger partial charge in [-0.1, -0.05) is 29.6 Å². The molecule has 1 aliphatic heterocycles. The van der Waals surface area contributed by atoms with E-state index in [0.717, 1.165) is 37.7 Å². The Morgan fingerprint density at radius 3 is 2.57 bits per heavy atom. The van der Waals surface area contributed by atoms with Gasteiger partial charge in [0.15, 0.2) is 0 Å². The molecule has 1 saturated heterocycles. The van der Waals surface area contributed by atoms with Gasteiger partial charge in [0, 0.05) is 37.6 Å². The molecule has 1 aliphatic rings. The quantitative estimate of drug-likeness (QED) is 0.398. The second-order valence-electron chi connectivity index (χ2n) is 8.37. The van der Waals surface area contributed by atoms with Crippen LogP contribution in [0.4, 0.5) is 19.1 Å². The van der Waals surface area contributed by atoms with Crippen LogP contribution in [0.2, 0.25) is 5.02 Å². The highest BCUT2D eigenvalue weighted by Crippen LogP contribution is 2.36. The lowest BCUT2D eigenvalue weighted by atomic mass is 10.1. The van der Waals surface area contributed by atoms with Crippen molar-refractivity contribution in [1.82, 2.24) is 29.1 Å². The molecule has 3 heterocycles. The summed E-state index contributed by atoms with van der Waals surface area (Å²) in [6.07, 6.45) is 2.88. The maximum absolute atomic E-state index is 13.8. The molecule has 2 aromatic heterocycles. The number of hydrogen-bond donors (Lipinski definition) is 2. The van der Waals surface area contributed by atoms with Crippen molar-refractivity contribution in [2.45, 2.75) is 38.0 Å². The number of benzene rings is 1. The molecular weight excluding hydrogens is 499 g/mol. The number of rotatable bonds is 7. The second-order valence-corrected chi connectivity index (χ2v) is 9.66. The third-order valence-corrected chi connectivity index (χ3v) is 7.33. The van der Waals surface area contributed by atoms with Gasteiger partial charge in [0.2, 0.25) is 5.95 Å². The molecule has 1 atom stereocenters. The van der Waals surface area contributed by atoms with Gasteiger partial charge in [-0.25, -0.2) is 15.0 Å². The lowest BCUT2D eigenvalue weighted by Gasteiger charge is -2.30. The summed E-state index contributed by atoms with van der Waals surface area (Å²) < 4.78 is 45.2. The summed E-state index contributed by atoms with van der Waals surface area (Å²) >= 11 is 8.17. The first-order valence-corrected chi connectivity index (χ1v) is 12.8. The normalized spacial score (nSPS) is 16.4. The fourth-order valence-corrected chi connectivity index (χ4v) is 4.83. The summed E-state index contributed by atoms with van der Waals surface area (Å²) in [7, 11) is 1.85. The minimum Gasteiger partial charge on any atom is -0.351 e.